The number of hydrogen-bond acceptors (Lipinski definition) is 3. The highest BCUT2D eigenvalue weighted by Gasteiger charge is 2.21. The quantitative estimate of drug-likeness (QED) is 0.894. The normalized spacial score (nSPS) is 10.8. The minimum absolute atomic E-state index is 0.104. The SMILES string of the molecule is COc1cccc(NC(=O)c2cccc(NC(=O)C(C)(C)C)c2)c1. The zero-order valence-electron chi connectivity index (χ0n) is 14.3. The molecule has 0 atom stereocenters. The maximum absolute atomic E-state index is 12.4. The van der Waals surface area contributed by atoms with E-state index in [1.807, 2.05) is 20.8 Å². The van der Waals surface area contributed by atoms with Crippen molar-refractivity contribution in [2.24, 2.45) is 5.41 Å². The maximum atomic E-state index is 12.4. The van der Waals surface area contributed by atoms with Crippen LogP contribution in [0.4, 0.5) is 11.4 Å². The van der Waals surface area contributed by atoms with Crippen LogP contribution in [0.5, 0.6) is 5.75 Å². The van der Waals surface area contributed by atoms with Crippen molar-refractivity contribution in [1.29, 1.82) is 0 Å². The first-order valence-corrected chi connectivity index (χ1v) is 7.66. The van der Waals surface area contributed by atoms with Crippen LogP contribution in [-0.4, -0.2) is 18.9 Å². The van der Waals surface area contributed by atoms with Crippen LogP contribution in [0.15, 0.2) is 48.5 Å². The Kier molecular flexibility index (Phi) is 5.24. The summed E-state index contributed by atoms with van der Waals surface area (Å²) in [6.45, 7) is 5.51. The number of hydrogen-bond donors (Lipinski definition) is 2. The molecule has 0 radical (unpaired) electrons. The average Bonchev–Trinajstić information content (AvgIpc) is 2.54. The summed E-state index contributed by atoms with van der Waals surface area (Å²) < 4.78 is 5.14. The van der Waals surface area contributed by atoms with E-state index in [1.54, 1.807) is 55.6 Å². The summed E-state index contributed by atoms with van der Waals surface area (Å²) in [4.78, 5) is 24.4. The number of amides is 2. The molecule has 2 aromatic carbocycles. The lowest BCUT2D eigenvalue weighted by Crippen LogP contribution is -2.27. The maximum Gasteiger partial charge on any atom is 0.255 e. The molecule has 126 valence electrons. The molecule has 5 nitrogen and oxygen atoms in total. The van der Waals surface area contributed by atoms with Gasteiger partial charge in [-0.2, -0.15) is 0 Å². The average molecular weight is 326 g/mol. The van der Waals surface area contributed by atoms with Gasteiger partial charge in [0.25, 0.3) is 5.91 Å². The van der Waals surface area contributed by atoms with Crippen LogP contribution in [0.2, 0.25) is 0 Å². The molecule has 2 aromatic rings. The van der Waals surface area contributed by atoms with E-state index in [-0.39, 0.29) is 11.8 Å². The lowest BCUT2D eigenvalue weighted by atomic mass is 9.95. The monoisotopic (exact) mass is 326 g/mol. The Hall–Kier alpha value is -2.82. The van der Waals surface area contributed by atoms with Crippen molar-refractivity contribution in [1.82, 2.24) is 0 Å². The predicted molar refractivity (Wildman–Crippen MR) is 95.5 cm³/mol. The van der Waals surface area contributed by atoms with Crippen molar-refractivity contribution in [3.8, 4) is 5.75 Å². The first kappa shape index (κ1) is 17.5. The van der Waals surface area contributed by atoms with Gasteiger partial charge in [0, 0.05) is 28.4 Å². The standard InChI is InChI=1S/C19H22N2O3/c1-19(2,3)18(23)21-14-8-5-7-13(11-14)17(22)20-15-9-6-10-16(12-15)24-4/h5-12H,1-4H3,(H,20,22)(H,21,23). The summed E-state index contributed by atoms with van der Waals surface area (Å²) in [5.41, 5.74) is 1.19. The molecule has 0 aliphatic rings. The molecule has 2 rings (SSSR count). The van der Waals surface area contributed by atoms with Crippen molar-refractivity contribution >= 4 is 23.2 Å². The summed E-state index contributed by atoms with van der Waals surface area (Å²) >= 11 is 0. The Morgan fingerprint density at radius 3 is 2.17 bits per heavy atom. The van der Waals surface area contributed by atoms with Crippen LogP contribution in [-0.2, 0) is 4.79 Å². The predicted octanol–water partition coefficient (Wildman–Crippen LogP) is 3.93. The van der Waals surface area contributed by atoms with E-state index in [1.165, 1.54) is 0 Å². The van der Waals surface area contributed by atoms with Gasteiger partial charge < -0.3 is 15.4 Å². The molecular formula is C19H22N2O3. The largest absolute Gasteiger partial charge is 0.497 e. The Bertz CT molecular complexity index is 748. The Labute approximate surface area is 142 Å². The lowest BCUT2D eigenvalue weighted by molar-refractivity contribution is -0.123. The van der Waals surface area contributed by atoms with Gasteiger partial charge >= 0.3 is 0 Å². The number of nitrogens with one attached hydrogen (secondary N) is 2. The molecule has 0 aliphatic carbocycles. The molecule has 0 saturated carbocycles. The molecule has 0 aliphatic heterocycles. The zero-order chi connectivity index (χ0) is 17.7. The molecule has 2 N–H and O–H groups in total. The van der Waals surface area contributed by atoms with Gasteiger partial charge in [-0.1, -0.05) is 32.9 Å². The first-order chi connectivity index (χ1) is 11.3. The highest BCUT2D eigenvalue weighted by Crippen LogP contribution is 2.20. The van der Waals surface area contributed by atoms with Crippen LogP contribution < -0.4 is 15.4 Å². The topological polar surface area (TPSA) is 67.4 Å². The number of rotatable bonds is 4. The van der Waals surface area contributed by atoms with E-state index >= 15 is 0 Å². The minimum atomic E-state index is -0.501. The Morgan fingerprint density at radius 2 is 1.54 bits per heavy atom. The van der Waals surface area contributed by atoms with E-state index in [0.717, 1.165) is 0 Å². The molecule has 0 saturated heterocycles. The van der Waals surface area contributed by atoms with Crippen molar-refractivity contribution < 1.29 is 14.3 Å². The molecular weight excluding hydrogens is 304 g/mol. The molecule has 0 bridgehead atoms. The third-order valence-corrected chi connectivity index (χ3v) is 3.39. The van der Waals surface area contributed by atoms with Crippen molar-refractivity contribution in [2.75, 3.05) is 17.7 Å². The number of methoxy groups -OCH3 is 1. The van der Waals surface area contributed by atoms with E-state index in [2.05, 4.69) is 10.6 Å². The molecule has 2 amide bonds. The first-order valence-electron chi connectivity index (χ1n) is 7.66. The molecule has 0 fully saturated rings. The molecule has 5 heteroatoms. The third kappa shape index (κ3) is 4.59. The number of anilines is 2. The van der Waals surface area contributed by atoms with Crippen LogP contribution in [0.3, 0.4) is 0 Å². The number of benzene rings is 2. The van der Waals surface area contributed by atoms with Gasteiger partial charge in [0.2, 0.25) is 5.91 Å². The van der Waals surface area contributed by atoms with Crippen LogP contribution in [0.25, 0.3) is 0 Å². The summed E-state index contributed by atoms with van der Waals surface area (Å²) in [6.07, 6.45) is 0. The van der Waals surface area contributed by atoms with E-state index in [4.69, 9.17) is 4.74 Å². The summed E-state index contributed by atoms with van der Waals surface area (Å²) in [7, 11) is 1.57. The van der Waals surface area contributed by atoms with E-state index < -0.39 is 5.41 Å². The van der Waals surface area contributed by atoms with E-state index in [9.17, 15) is 9.59 Å². The van der Waals surface area contributed by atoms with Crippen molar-refractivity contribution in [3.05, 3.63) is 54.1 Å². The smallest absolute Gasteiger partial charge is 0.255 e. The van der Waals surface area contributed by atoms with Gasteiger partial charge in [-0.15, -0.1) is 0 Å². The summed E-state index contributed by atoms with van der Waals surface area (Å²) in [5.74, 6) is 0.307. The fourth-order valence-corrected chi connectivity index (χ4v) is 1.96. The van der Waals surface area contributed by atoms with Gasteiger partial charge in [-0.25, -0.2) is 0 Å². The number of ether oxygens (including phenoxy) is 1. The van der Waals surface area contributed by atoms with Crippen molar-refractivity contribution in [3.63, 3.8) is 0 Å². The van der Waals surface area contributed by atoms with Crippen LogP contribution >= 0.6 is 0 Å². The second-order valence-electron chi connectivity index (χ2n) is 6.47. The van der Waals surface area contributed by atoms with Gasteiger partial charge in [0.15, 0.2) is 0 Å². The Balaban J connectivity index is 2.12. The fraction of sp³-hybridized carbons (Fsp3) is 0.263. The molecule has 0 heterocycles. The van der Waals surface area contributed by atoms with Crippen LogP contribution in [0, 0.1) is 5.41 Å². The molecule has 0 spiro atoms. The number of carbonyl (C=O) groups is 2. The number of carbonyl (C=O) groups excluding carboxylic acids is 2. The second kappa shape index (κ2) is 7.17. The highest BCUT2D eigenvalue weighted by molar-refractivity contribution is 6.05. The van der Waals surface area contributed by atoms with Gasteiger partial charge in [0.1, 0.15) is 5.75 Å². The molecule has 0 aromatic heterocycles. The van der Waals surface area contributed by atoms with Gasteiger partial charge in [-0.3, -0.25) is 9.59 Å². The lowest BCUT2D eigenvalue weighted by Gasteiger charge is -2.18. The van der Waals surface area contributed by atoms with Gasteiger partial charge in [0.05, 0.1) is 7.11 Å². The second-order valence-corrected chi connectivity index (χ2v) is 6.47. The van der Waals surface area contributed by atoms with Crippen molar-refractivity contribution in [2.45, 2.75) is 20.8 Å². The minimum Gasteiger partial charge on any atom is -0.497 e. The van der Waals surface area contributed by atoms with Gasteiger partial charge in [-0.05, 0) is 30.3 Å². The molecule has 24 heavy (non-hydrogen) atoms. The fourth-order valence-electron chi connectivity index (χ4n) is 1.96. The third-order valence-electron chi connectivity index (χ3n) is 3.39. The Morgan fingerprint density at radius 1 is 0.917 bits per heavy atom. The summed E-state index contributed by atoms with van der Waals surface area (Å²) in [6, 6.07) is 14.0. The highest BCUT2D eigenvalue weighted by atomic mass is 16.5. The summed E-state index contributed by atoms with van der Waals surface area (Å²) in [5, 5.41) is 5.63. The van der Waals surface area contributed by atoms with E-state index in [0.29, 0.717) is 22.7 Å². The molecule has 0 unspecified atom stereocenters. The zero-order valence-corrected chi connectivity index (χ0v) is 14.3. The van der Waals surface area contributed by atoms with Crippen LogP contribution in [0.1, 0.15) is 31.1 Å².